The molecular weight excluding hydrogens is 297 g/mol. The molecule has 2 fully saturated rings. The minimum Gasteiger partial charge on any atom is -0.366 e. The molecule has 20 heavy (non-hydrogen) atoms. The van der Waals surface area contributed by atoms with Crippen LogP contribution in [0.25, 0.3) is 0 Å². The highest BCUT2D eigenvalue weighted by atomic mass is 35.5. The van der Waals surface area contributed by atoms with E-state index in [2.05, 4.69) is 10.6 Å². The van der Waals surface area contributed by atoms with Crippen molar-refractivity contribution in [3.8, 4) is 0 Å². The van der Waals surface area contributed by atoms with Gasteiger partial charge in [0.15, 0.2) is 0 Å². The van der Waals surface area contributed by atoms with Crippen LogP contribution in [0.3, 0.4) is 0 Å². The molecule has 0 spiro atoms. The van der Waals surface area contributed by atoms with Crippen LogP contribution in [0.4, 0.5) is 13.2 Å². The summed E-state index contributed by atoms with van der Waals surface area (Å²) in [7, 11) is 0. The topological polar surface area (TPSA) is 50.4 Å². The first-order valence-corrected chi connectivity index (χ1v) is 6.66. The van der Waals surface area contributed by atoms with E-state index < -0.39 is 24.2 Å². The molecule has 1 heterocycles. The second kappa shape index (κ2) is 7.47. The third-order valence-electron chi connectivity index (χ3n) is 3.70. The molecule has 8 heteroatoms. The summed E-state index contributed by atoms with van der Waals surface area (Å²) < 4.78 is 43.3. The van der Waals surface area contributed by atoms with Crippen molar-refractivity contribution >= 4 is 18.3 Å². The molecule has 2 rings (SSSR count). The summed E-state index contributed by atoms with van der Waals surface area (Å²) in [5.74, 6) is -1.60. The maximum atomic E-state index is 12.7. The van der Waals surface area contributed by atoms with E-state index in [1.165, 1.54) is 0 Å². The van der Waals surface area contributed by atoms with E-state index in [4.69, 9.17) is 4.74 Å². The molecule has 0 aromatic carbocycles. The molecule has 2 N–H and O–H groups in total. The molecule has 1 aliphatic carbocycles. The number of nitrogens with one attached hydrogen (secondary N) is 2. The Morgan fingerprint density at radius 1 is 1.30 bits per heavy atom. The average Bonchev–Trinajstić information content (AvgIpc) is 2.39. The Hall–Kier alpha value is -0.530. The highest BCUT2D eigenvalue weighted by Crippen LogP contribution is 2.37. The van der Waals surface area contributed by atoms with E-state index in [1.807, 2.05) is 0 Å². The number of amides is 1. The fourth-order valence-electron chi connectivity index (χ4n) is 2.65. The molecule has 118 valence electrons. The van der Waals surface area contributed by atoms with E-state index in [9.17, 15) is 18.0 Å². The largest absolute Gasteiger partial charge is 0.391 e. The van der Waals surface area contributed by atoms with Crippen LogP contribution in [0.15, 0.2) is 0 Å². The zero-order valence-corrected chi connectivity index (χ0v) is 11.9. The van der Waals surface area contributed by atoms with Crippen molar-refractivity contribution in [3.63, 3.8) is 0 Å². The highest BCUT2D eigenvalue weighted by molar-refractivity contribution is 5.85. The van der Waals surface area contributed by atoms with Crippen molar-refractivity contribution in [2.75, 3.05) is 19.7 Å². The standard InChI is InChI=1S/C12H19F3N2O2.ClH/c13-12(14,15)8-2-1-3-9(6-8)17-11(18)10-7-16-4-5-19-10;/h8-10,16H,1-7H2,(H,17,18);1H. The number of alkyl halides is 3. The fraction of sp³-hybridized carbons (Fsp3) is 0.917. The third kappa shape index (κ3) is 4.79. The van der Waals surface area contributed by atoms with Gasteiger partial charge in [-0.3, -0.25) is 4.79 Å². The van der Waals surface area contributed by atoms with Crippen LogP contribution >= 0.6 is 12.4 Å². The first-order chi connectivity index (χ1) is 8.97. The maximum absolute atomic E-state index is 12.7. The predicted octanol–water partition coefficient (Wildman–Crippen LogP) is 1.63. The van der Waals surface area contributed by atoms with Gasteiger partial charge in [0.05, 0.1) is 12.5 Å². The van der Waals surface area contributed by atoms with E-state index in [0.717, 1.165) is 0 Å². The summed E-state index contributed by atoms with van der Waals surface area (Å²) in [6.45, 7) is 1.57. The van der Waals surface area contributed by atoms with Gasteiger partial charge < -0.3 is 15.4 Å². The second-order valence-corrected chi connectivity index (χ2v) is 5.17. The average molecular weight is 317 g/mol. The van der Waals surface area contributed by atoms with Gasteiger partial charge in [0.1, 0.15) is 6.10 Å². The summed E-state index contributed by atoms with van der Waals surface area (Å²) >= 11 is 0. The molecule has 1 saturated carbocycles. The van der Waals surface area contributed by atoms with Crippen LogP contribution in [0.2, 0.25) is 0 Å². The van der Waals surface area contributed by atoms with Crippen LogP contribution in [0.5, 0.6) is 0 Å². The van der Waals surface area contributed by atoms with Gasteiger partial charge in [0.2, 0.25) is 0 Å². The van der Waals surface area contributed by atoms with E-state index in [0.29, 0.717) is 32.5 Å². The van der Waals surface area contributed by atoms with Crippen LogP contribution in [-0.4, -0.2) is 43.9 Å². The number of carbonyl (C=O) groups is 1. The van der Waals surface area contributed by atoms with Gasteiger partial charge in [-0.1, -0.05) is 6.42 Å². The first kappa shape index (κ1) is 17.5. The van der Waals surface area contributed by atoms with Crippen molar-refractivity contribution in [2.45, 2.75) is 44.0 Å². The lowest BCUT2D eigenvalue weighted by atomic mass is 9.85. The van der Waals surface area contributed by atoms with Crippen molar-refractivity contribution in [3.05, 3.63) is 0 Å². The minimum absolute atomic E-state index is 0. The Labute approximate surface area is 122 Å². The van der Waals surface area contributed by atoms with Gasteiger partial charge in [-0.15, -0.1) is 12.4 Å². The van der Waals surface area contributed by atoms with Gasteiger partial charge in [-0.2, -0.15) is 13.2 Å². The number of hydrogen-bond donors (Lipinski definition) is 2. The zero-order valence-electron chi connectivity index (χ0n) is 11.0. The van der Waals surface area contributed by atoms with Gasteiger partial charge in [0.25, 0.3) is 5.91 Å². The quantitative estimate of drug-likeness (QED) is 0.814. The number of rotatable bonds is 2. The molecule has 2 aliphatic rings. The minimum atomic E-state index is -4.16. The lowest BCUT2D eigenvalue weighted by Gasteiger charge is -2.32. The lowest BCUT2D eigenvalue weighted by molar-refractivity contribution is -0.184. The highest BCUT2D eigenvalue weighted by Gasteiger charge is 2.42. The van der Waals surface area contributed by atoms with Crippen molar-refractivity contribution in [1.29, 1.82) is 0 Å². The first-order valence-electron chi connectivity index (χ1n) is 6.66. The molecule has 4 nitrogen and oxygen atoms in total. The van der Waals surface area contributed by atoms with Crippen molar-refractivity contribution < 1.29 is 22.7 Å². The monoisotopic (exact) mass is 316 g/mol. The number of carbonyl (C=O) groups excluding carboxylic acids is 1. The molecule has 0 aromatic rings. The Bertz CT molecular complexity index is 322. The third-order valence-corrected chi connectivity index (χ3v) is 3.70. The molecular formula is C12H20ClF3N2O2. The normalized spacial score (nSPS) is 31.2. The van der Waals surface area contributed by atoms with Gasteiger partial charge in [0, 0.05) is 19.1 Å². The van der Waals surface area contributed by atoms with Gasteiger partial charge >= 0.3 is 6.18 Å². The van der Waals surface area contributed by atoms with Crippen LogP contribution < -0.4 is 10.6 Å². The molecule has 1 amide bonds. The summed E-state index contributed by atoms with van der Waals surface area (Å²) in [5.41, 5.74) is 0. The summed E-state index contributed by atoms with van der Waals surface area (Å²) in [6, 6.07) is -0.390. The van der Waals surface area contributed by atoms with E-state index in [1.54, 1.807) is 0 Å². The lowest BCUT2D eigenvalue weighted by Crippen LogP contribution is -2.51. The number of morpholine rings is 1. The predicted molar refractivity (Wildman–Crippen MR) is 69.8 cm³/mol. The number of hydrogen-bond acceptors (Lipinski definition) is 3. The fourth-order valence-corrected chi connectivity index (χ4v) is 2.65. The summed E-state index contributed by atoms with van der Waals surface area (Å²) in [6.07, 6.45) is -3.49. The number of halogens is 4. The second-order valence-electron chi connectivity index (χ2n) is 5.17. The van der Waals surface area contributed by atoms with E-state index >= 15 is 0 Å². The molecule has 0 bridgehead atoms. The molecule has 0 radical (unpaired) electrons. The van der Waals surface area contributed by atoms with Crippen molar-refractivity contribution in [1.82, 2.24) is 10.6 Å². The molecule has 1 aliphatic heterocycles. The Kier molecular flexibility index (Phi) is 6.54. The van der Waals surface area contributed by atoms with Crippen molar-refractivity contribution in [2.24, 2.45) is 5.92 Å². The molecule has 3 atom stereocenters. The molecule has 3 unspecified atom stereocenters. The smallest absolute Gasteiger partial charge is 0.366 e. The van der Waals surface area contributed by atoms with Crippen LogP contribution in [0.1, 0.15) is 25.7 Å². The zero-order chi connectivity index (χ0) is 13.9. The van der Waals surface area contributed by atoms with Crippen LogP contribution in [-0.2, 0) is 9.53 Å². The Balaban J connectivity index is 0.00000200. The summed E-state index contributed by atoms with van der Waals surface area (Å²) in [5, 5.41) is 5.71. The SMILES string of the molecule is Cl.O=C(NC1CCCC(C(F)(F)F)C1)C1CNCCO1. The van der Waals surface area contributed by atoms with E-state index in [-0.39, 0.29) is 31.2 Å². The van der Waals surface area contributed by atoms with Gasteiger partial charge in [-0.05, 0) is 19.3 Å². The Morgan fingerprint density at radius 2 is 2.05 bits per heavy atom. The maximum Gasteiger partial charge on any atom is 0.391 e. The molecule has 1 saturated heterocycles. The van der Waals surface area contributed by atoms with Crippen LogP contribution in [0, 0.1) is 5.92 Å². The summed E-state index contributed by atoms with van der Waals surface area (Å²) in [4.78, 5) is 11.9. The van der Waals surface area contributed by atoms with Gasteiger partial charge in [-0.25, -0.2) is 0 Å². The molecule has 0 aromatic heterocycles. The Morgan fingerprint density at radius 3 is 2.65 bits per heavy atom. The number of ether oxygens (including phenoxy) is 1.